The Morgan fingerprint density at radius 1 is 1.39 bits per heavy atom. The van der Waals surface area contributed by atoms with Gasteiger partial charge in [0.1, 0.15) is 5.82 Å². The number of carboxylic acids is 1. The number of carboxylic acid groups (broad SMARTS) is 1. The standard InChI is InChI=1S/C12H14N4O2/c1-16-5-4-14-11(16)8-13-7-10-3-2-9(6-15-10)12(17)18/h2-6,13H,7-8H2,1H3,(H,17,18). The van der Waals surface area contributed by atoms with Gasteiger partial charge < -0.3 is 15.0 Å². The first-order chi connectivity index (χ1) is 8.66. The first-order valence-corrected chi connectivity index (χ1v) is 5.52. The number of pyridine rings is 1. The number of aromatic nitrogens is 3. The molecule has 0 spiro atoms. The van der Waals surface area contributed by atoms with E-state index in [0.29, 0.717) is 13.1 Å². The van der Waals surface area contributed by atoms with Crippen LogP contribution < -0.4 is 5.32 Å². The van der Waals surface area contributed by atoms with E-state index in [-0.39, 0.29) is 5.56 Å². The average Bonchev–Trinajstić information content (AvgIpc) is 2.76. The highest BCUT2D eigenvalue weighted by atomic mass is 16.4. The van der Waals surface area contributed by atoms with Gasteiger partial charge in [0.15, 0.2) is 0 Å². The molecule has 0 amide bonds. The van der Waals surface area contributed by atoms with Gasteiger partial charge in [0.05, 0.1) is 17.8 Å². The summed E-state index contributed by atoms with van der Waals surface area (Å²) < 4.78 is 1.94. The molecular weight excluding hydrogens is 232 g/mol. The summed E-state index contributed by atoms with van der Waals surface area (Å²) in [7, 11) is 1.93. The van der Waals surface area contributed by atoms with Crippen molar-refractivity contribution < 1.29 is 9.90 Å². The predicted octanol–water partition coefficient (Wildman–Crippen LogP) is 0.803. The number of nitrogens with one attached hydrogen (secondary N) is 1. The van der Waals surface area contributed by atoms with E-state index in [9.17, 15) is 4.79 Å². The summed E-state index contributed by atoms with van der Waals surface area (Å²) >= 11 is 0. The number of rotatable bonds is 5. The summed E-state index contributed by atoms with van der Waals surface area (Å²) in [5, 5.41) is 11.9. The number of aryl methyl sites for hydroxylation is 1. The van der Waals surface area contributed by atoms with Gasteiger partial charge in [0.25, 0.3) is 0 Å². The van der Waals surface area contributed by atoms with Crippen molar-refractivity contribution in [1.29, 1.82) is 0 Å². The molecule has 0 atom stereocenters. The zero-order chi connectivity index (χ0) is 13.0. The molecule has 0 saturated carbocycles. The van der Waals surface area contributed by atoms with Crippen LogP contribution in [0.15, 0.2) is 30.7 Å². The monoisotopic (exact) mass is 246 g/mol. The molecule has 0 aromatic carbocycles. The number of carbonyl (C=O) groups is 1. The first kappa shape index (κ1) is 12.3. The van der Waals surface area contributed by atoms with Crippen LogP contribution in [-0.4, -0.2) is 25.6 Å². The molecule has 0 aliphatic rings. The van der Waals surface area contributed by atoms with Crippen molar-refractivity contribution in [2.75, 3.05) is 0 Å². The molecule has 0 unspecified atom stereocenters. The minimum absolute atomic E-state index is 0.197. The van der Waals surface area contributed by atoms with Crippen molar-refractivity contribution in [3.8, 4) is 0 Å². The van der Waals surface area contributed by atoms with Crippen LogP contribution in [0.3, 0.4) is 0 Å². The summed E-state index contributed by atoms with van der Waals surface area (Å²) in [5.41, 5.74) is 0.997. The maximum Gasteiger partial charge on any atom is 0.337 e. The lowest BCUT2D eigenvalue weighted by Gasteiger charge is -2.04. The lowest BCUT2D eigenvalue weighted by Crippen LogP contribution is -2.16. The molecule has 0 bridgehead atoms. The van der Waals surface area contributed by atoms with Gasteiger partial charge in [0, 0.05) is 32.2 Å². The van der Waals surface area contributed by atoms with Crippen LogP contribution in [0.5, 0.6) is 0 Å². The molecule has 0 saturated heterocycles. The van der Waals surface area contributed by atoms with Crippen LogP contribution in [0.1, 0.15) is 21.9 Å². The predicted molar refractivity (Wildman–Crippen MR) is 64.9 cm³/mol. The second-order valence-electron chi connectivity index (χ2n) is 3.90. The molecule has 0 fully saturated rings. The summed E-state index contributed by atoms with van der Waals surface area (Å²) in [6.07, 6.45) is 4.99. The average molecular weight is 246 g/mol. The zero-order valence-electron chi connectivity index (χ0n) is 10.00. The number of nitrogens with zero attached hydrogens (tertiary/aromatic N) is 3. The molecule has 2 aromatic rings. The number of imidazole rings is 1. The minimum Gasteiger partial charge on any atom is -0.478 e. The normalized spacial score (nSPS) is 10.5. The van der Waals surface area contributed by atoms with Crippen molar-refractivity contribution in [1.82, 2.24) is 19.9 Å². The molecule has 2 heterocycles. The first-order valence-electron chi connectivity index (χ1n) is 5.52. The van der Waals surface area contributed by atoms with E-state index < -0.39 is 5.97 Å². The van der Waals surface area contributed by atoms with E-state index >= 15 is 0 Å². The van der Waals surface area contributed by atoms with Crippen LogP contribution in [0.25, 0.3) is 0 Å². The molecule has 18 heavy (non-hydrogen) atoms. The molecule has 0 radical (unpaired) electrons. The van der Waals surface area contributed by atoms with Gasteiger partial charge in [-0.15, -0.1) is 0 Å². The van der Waals surface area contributed by atoms with E-state index in [1.54, 1.807) is 18.3 Å². The van der Waals surface area contributed by atoms with Gasteiger partial charge in [-0.25, -0.2) is 9.78 Å². The Balaban J connectivity index is 1.87. The smallest absolute Gasteiger partial charge is 0.337 e. The SMILES string of the molecule is Cn1ccnc1CNCc1ccc(C(=O)O)cn1. The quantitative estimate of drug-likeness (QED) is 0.815. The Bertz CT molecular complexity index is 533. The highest BCUT2D eigenvalue weighted by Crippen LogP contribution is 2.01. The lowest BCUT2D eigenvalue weighted by molar-refractivity contribution is 0.0696. The van der Waals surface area contributed by atoms with Gasteiger partial charge in [0.2, 0.25) is 0 Å². The Morgan fingerprint density at radius 3 is 2.78 bits per heavy atom. The van der Waals surface area contributed by atoms with Gasteiger partial charge in [-0.05, 0) is 12.1 Å². The molecular formula is C12H14N4O2. The maximum absolute atomic E-state index is 10.7. The van der Waals surface area contributed by atoms with Crippen LogP contribution in [0.4, 0.5) is 0 Å². The van der Waals surface area contributed by atoms with E-state index in [1.807, 2.05) is 17.8 Å². The van der Waals surface area contributed by atoms with E-state index in [4.69, 9.17) is 5.11 Å². The largest absolute Gasteiger partial charge is 0.478 e. The zero-order valence-corrected chi connectivity index (χ0v) is 10.00. The highest BCUT2D eigenvalue weighted by molar-refractivity contribution is 5.87. The molecule has 94 valence electrons. The maximum atomic E-state index is 10.7. The Kier molecular flexibility index (Phi) is 3.69. The third-order valence-electron chi connectivity index (χ3n) is 2.58. The lowest BCUT2D eigenvalue weighted by atomic mass is 10.2. The number of hydrogen-bond acceptors (Lipinski definition) is 4. The minimum atomic E-state index is -0.963. The van der Waals surface area contributed by atoms with Gasteiger partial charge >= 0.3 is 5.97 Å². The van der Waals surface area contributed by atoms with Crippen molar-refractivity contribution in [3.05, 3.63) is 47.8 Å². The van der Waals surface area contributed by atoms with Crippen molar-refractivity contribution in [2.24, 2.45) is 7.05 Å². The fraction of sp³-hybridized carbons (Fsp3) is 0.250. The third kappa shape index (κ3) is 2.92. The Hall–Kier alpha value is -2.21. The molecule has 2 rings (SSSR count). The summed E-state index contributed by atoms with van der Waals surface area (Å²) in [5.74, 6) is -0.0211. The topological polar surface area (TPSA) is 80.0 Å². The van der Waals surface area contributed by atoms with E-state index in [2.05, 4.69) is 15.3 Å². The van der Waals surface area contributed by atoms with E-state index in [0.717, 1.165) is 11.5 Å². The Morgan fingerprint density at radius 2 is 2.22 bits per heavy atom. The number of hydrogen-bond donors (Lipinski definition) is 2. The second-order valence-corrected chi connectivity index (χ2v) is 3.90. The summed E-state index contributed by atoms with van der Waals surface area (Å²) in [6, 6.07) is 3.25. The highest BCUT2D eigenvalue weighted by Gasteiger charge is 2.03. The molecule has 2 aromatic heterocycles. The van der Waals surface area contributed by atoms with Crippen LogP contribution in [-0.2, 0) is 20.1 Å². The van der Waals surface area contributed by atoms with Crippen LogP contribution in [0.2, 0.25) is 0 Å². The van der Waals surface area contributed by atoms with E-state index in [1.165, 1.54) is 6.20 Å². The Labute approximate surface area is 104 Å². The summed E-state index contributed by atoms with van der Waals surface area (Å²) in [4.78, 5) is 18.9. The molecule has 6 nitrogen and oxygen atoms in total. The van der Waals surface area contributed by atoms with Gasteiger partial charge in [-0.3, -0.25) is 4.98 Å². The fourth-order valence-corrected chi connectivity index (χ4v) is 1.52. The van der Waals surface area contributed by atoms with Crippen molar-refractivity contribution in [2.45, 2.75) is 13.1 Å². The van der Waals surface area contributed by atoms with Gasteiger partial charge in [-0.2, -0.15) is 0 Å². The third-order valence-corrected chi connectivity index (χ3v) is 2.58. The molecule has 0 aliphatic carbocycles. The number of aromatic carboxylic acids is 1. The van der Waals surface area contributed by atoms with Gasteiger partial charge in [-0.1, -0.05) is 0 Å². The van der Waals surface area contributed by atoms with Crippen molar-refractivity contribution >= 4 is 5.97 Å². The fourth-order valence-electron chi connectivity index (χ4n) is 1.52. The molecule has 0 aliphatic heterocycles. The summed E-state index contributed by atoms with van der Waals surface area (Å²) in [6.45, 7) is 1.22. The van der Waals surface area contributed by atoms with Crippen LogP contribution >= 0.6 is 0 Å². The molecule has 2 N–H and O–H groups in total. The van der Waals surface area contributed by atoms with Crippen LogP contribution in [0, 0.1) is 0 Å². The molecule has 6 heteroatoms. The van der Waals surface area contributed by atoms with Crippen molar-refractivity contribution in [3.63, 3.8) is 0 Å². The second kappa shape index (κ2) is 5.42.